The van der Waals surface area contributed by atoms with Gasteiger partial charge in [-0.25, -0.2) is 0 Å². The van der Waals surface area contributed by atoms with Crippen molar-refractivity contribution in [1.82, 2.24) is 15.0 Å². The number of nitrogens with one attached hydrogen (secondary N) is 1. The Labute approximate surface area is 222 Å². The van der Waals surface area contributed by atoms with Gasteiger partial charge in [-0.3, -0.25) is 0 Å². The van der Waals surface area contributed by atoms with Crippen molar-refractivity contribution in [2.45, 2.75) is 5.57 Å². The molecule has 0 radical (unpaired) electrons. The van der Waals surface area contributed by atoms with Crippen molar-refractivity contribution < 1.29 is 18.3 Å². The third-order valence-electron chi connectivity index (χ3n) is 5.99. The molecule has 2 aliphatic heterocycles. The Kier molecular flexibility index (Phi) is 7.63. The molecule has 5 rings (SSSR count). The lowest BCUT2D eigenvalue weighted by Crippen LogP contribution is -2.47. The van der Waals surface area contributed by atoms with Gasteiger partial charge in [0, 0.05) is 67.3 Å². The van der Waals surface area contributed by atoms with E-state index in [1.54, 1.807) is 12.1 Å². The maximum absolute atomic E-state index is 12.9. The first-order chi connectivity index (χ1) is 17.8. The van der Waals surface area contributed by atoms with Crippen LogP contribution in [0.1, 0.15) is 0 Å². The fourth-order valence-corrected chi connectivity index (χ4v) is 4.44. The molecule has 2 aliphatic rings. The molecule has 2 aromatic carbocycles. The Hall–Kier alpha value is -3.15. The maximum atomic E-state index is 12.9. The van der Waals surface area contributed by atoms with Crippen molar-refractivity contribution in [1.29, 1.82) is 0 Å². The lowest BCUT2D eigenvalue weighted by Gasteiger charge is -2.36. The predicted octanol–water partition coefficient (Wildman–Crippen LogP) is 4.60. The molecule has 0 unspecified atom stereocenters. The van der Waals surface area contributed by atoms with E-state index in [0.29, 0.717) is 54.9 Å². The Balaban J connectivity index is 1.34. The summed E-state index contributed by atoms with van der Waals surface area (Å²) in [4.78, 5) is 20.5. The van der Waals surface area contributed by atoms with Gasteiger partial charge < -0.3 is 29.5 Å². The lowest BCUT2D eigenvalue weighted by atomic mass is 10.2. The summed E-state index contributed by atoms with van der Waals surface area (Å²) in [6.45, 7) is 5.54. The van der Waals surface area contributed by atoms with Crippen LogP contribution in [-0.2, 0) is 4.74 Å². The topological polar surface area (TPSA) is 78.9 Å². The van der Waals surface area contributed by atoms with E-state index >= 15 is 0 Å². The Morgan fingerprint density at radius 1 is 0.838 bits per heavy atom. The van der Waals surface area contributed by atoms with Crippen molar-refractivity contribution in [3.8, 4) is 5.75 Å². The quantitative estimate of drug-likeness (QED) is 0.423. The van der Waals surface area contributed by atoms with Crippen LogP contribution in [-0.4, -0.2) is 73.0 Å². The first-order valence-corrected chi connectivity index (χ1v) is 12.6. The summed E-state index contributed by atoms with van der Waals surface area (Å²) < 4.78 is 35.7. The molecular weight excluding hydrogens is 527 g/mol. The number of halogens is 4. The van der Waals surface area contributed by atoms with Crippen LogP contribution in [0.4, 0.5) is 38.0 Å². The van der Waals surface area contributed by atoms with Crippen LogP contribution in [0, 0.1) is 0 Å². The van der Waals surface area contributed by atoms with E-state index in [1.807, 2.05) is 24.3 Å². The van der Waals surface area contributed by atoms with E-state index < -0.39 is 5.57 Å². The molecule has 0 atom stereocenters. The van der Waals surface area contributed by atoms with E-state index in [9.17, 15) is 8.78 Å². The fraction of sp³-hybridized carbons (Fsp3) is 0.375. The smallest absolute Gasteiger partial charge is 0.420 e. The Morgan fingerprint density at radius 2 is 1.46 bits per heavy atom. The zero-order valence-corrected chi connectivity index (χ0v) is 21.3. The molecule has 3 aromatic rings. The van der Waals surface area contributed by atoms with Gasteiger partial charge in [-0.15, -0.1) is 8.78 Å². The minimum absolute atomic E-state index is 0.0616. The molecule has 2 fully saturated rings. The van der Waals surface area contributed by atoms with Gasteiger partial charge in [-0.05, 0) is 42.5 Å². The fourth-order valence-electron chi connectivity index (χ4n) is 4.16. The average Bonchev–Trinajstić information content (AvgIpc) is 2.89. The van der Waals surface area contributed by atoms with Crippen LogP contribution in [0.25, 0.3) is 0 Å². The molecule has 196 valence electrons. The highest BCUT2D eigenvalue weighted by atomic mass is 35.5. The molecule has 13 heteroatoms. The van der Waals surface area contributed by atoms with Crippen LogP contribution in [0.3, 0.4) is 0 Å². The first-order valence-electron chi connectivity index (χ1n) is 11.8. The number of anilines is 5. The lowest BCUT2D eigenvalue weighted by molar-refractivity contribution is -0.0964. The second-order valence-corrected chi connectivity index (χ2v) is 9.39. The van der Waals surface area contributed by atoms with Crippen molar-refractivity contribution >= 4 is 52.4 Å². The van der Waals surface area contributed by atoms with E-state index in [2.05, 4.69) is 34.7 Å². The average molecular weight is 552 g/mol. The molecule has 0 saturated carbocycles. The van der Waals surface area contributed by atoms with E-state index in [0.717, 1.165) is 31.9 Å². The van der Waals surface area contributed by atoms with Crippen LogP contribution >= 0.6 is 23.2 Å². The van der Waals surface area contributed by atoms with Crippen LogP contribution < -0.4 is 24.8 Å². The van der Waals surface area contributed by atoms with Crippen molar-refractivity contribution in [2.75, 3.05) is 72.5 Å². The minimum Gasteiger partial charge on any atom is -0.420 e. The zero-order valence-electron chi connectivity index (χ0n) is 19.8. The number of morpholine rings is 1. The highest BCUT2D eigenvalue weighted by Gasteiger charge is 2.27. The van der Waals surface area contributed by atoms with Gasteiger partial charge in [-0.1, -0.05) is 17.7 Å². The number of ether oxygens (including phenoxy) is 2. The maximum Gasteiger partial charge on any atom is 0.487 e. The molecule has 2 saturated heterocycles. The van der Waals surface area contributed by atoms with Crippen LogP contribution in [0.15, 0.2) is 48.5 Å². The predicted molar refractivity (Wildman–Crippen MR) is 140 cm³/mol. The third-order valence-corrected chi connectivity index (χ3v) is 6.30. The van der Waals surface area contributed by atoms with Gasteiger partial charge in [0.25, 0.3) is 0 Å². The second kappa shape index (κ2) is 11.1. The summed E-state index contributed by atoms with van der Waals surface area (Å²) in [5, 5.41) is 3.85. The van der Waals surface area contributed by atoms with Crippen molar-refractivity contribution in [3.05, 3.63) is 53.6 Å². The highest BCUT2D eigenvalue weighted by molar-refractivity contribution is 6.30. The van der Waals surface area contributed by atoms with Gasteiger partial charge in [-0.2, -0.15) is 15.0 Å². The van der Waals surface area contributed by atoms with Gasteiger partial charge in [0.2, 0.25) is 17.8 Å². The summed E-state index contributed by atoms with van der Waals surface area (Å²) in [5.74, 6) is 1.40. The number of nitrogens with zero attached hydrogens (tertiary/aromatic N) is 6. The normalized spacial score (nSPS) is 16.6. The van der Waals surface area contributed by atoms with Gasteiger partial charge in [0.15, 0.2) is 0 Å². The molecule has 37 heavy (non-hydrogen) atoms. The summed E-state index contributed by atoms with van der Waals surface area (Å²) >= 11 is 11.0. The van der Waals surface area contributed by atoms with Gasteiger partial charge in [0.05, 0.1) is 13.2 Å². The molecule has 0 bridgehead atoms. The number of hydrogen-bond donors (Lipinski definition) is 1. The standard InChI is InChI=1S/C24H25Cl2F2N7O2/c25-17-2-1-3-19(16-17)33-8-10-34(11-9-33)22-30-21(31-23(32-22)35-12-14-36-15-13-35)29-18-4-6-20(7-5-18)37-24(26,27)28/h1-7,16H,8-15H2,(H,29,30,31,32). The zero-order chi connectivity index (χ0) is 25.8. The number of rotatable bonds is 7. The Morgan fingerprint density at radius 3 is 2.08 bits per heavy atom. The molecule has 1 aromatic heterocycles. The van der Waals surface area contributed by atoms with E-state index in [-0.39, 0.29) is 5.75 Å². The largest absolute Gasteiger partial charge is 0.487 e. The number of piperazine rings is 1. The molecule has 0 aliphatic carbocycles. The summed E-state index contributed by atoms with van der Waals surface area (Å²) in [6.07, 6.45) is 0. The van der Waals surface area contributed by atoms with E-state index in [4.69, 9.17) is 32.9 Å². The number of hydrogen-bond acceptors (Lipinski definition) is 9. The highest BCUT2D eigenvalue weighted by Crippen LogP contribution is 2.28. The van der Waals surface area contributed by atoms with Crippen molar-refractivity contribution in [2.24, 2.45) is 0 Å². The van der Waals surface area contributed by atoms with Gasteiger partial charge >= 0.3 is 5.57 Å². The molecule has 3 heterocycles. The SMILES string of the molecule is FC(F)(Cl)Oc1ccc(Nc2nc(N3CCOCC3)nc(N3CCN(c4cccc(Cl)c4)CC3)n2)cc1. The van der Waals surface area contributed by atoms with Crippen LogP contribution in [0.2, 0.25) is 5.02 Å². The summed E-state index contributed by atoms with van der Waals surface area (Å²) in [5.41, 5.74) is -2.10. The number of benzene rings is 2. The molecule has 0 amide bonds. The monoisotopic (exact) mass is 551 g/mol. The van der Waals surface area contributed by atoms with E-state index in [1.165, 1.54) is 12.1 Å². The second-order valence-electron chi connectivity index (χ2n) is 8.51. The molecular formula is C24H25Cl2F2N7O2. The molecule has 1 N–H and O–H groups in total. The van der Waals surface area contributed by atoms with Crippen LogP contribution in [0.5, 0.6) is 5.75 Å². The summed E-state index contributed by atoms with van der Waals surface area (Å²) in [6, 6.07) is 13.8. The van der Waals surface area contributed by atoms with Gasteiger partial charge in [0.1, 0.15) is 5.75 Å². The van der Waals surface area contributed by atoms with Crippen molar-refractivity contribution in [3.63, 3.8) is 0 Å². The minimum atomic E-state index is -3.78. The number of aromatic nitrogens is 3. The summed E-state index contributed by atoms with van der Waals surface area (Å²) in [7, 11) is 0. The third kappa shape index (κ3) is 6.79. The first kappa shape index (κ1) is 25.5. The Bertz CT molecular complexity index is 1200. The number of alkyl halides is 3. The molecule has 9 nitrogen and oxygen atoms in total. The molecule has 0 spiro atoms.